The van der Waals surface area contributed by atoms with Crippen molar-refractivity contribution in [3.8, 4) is 0 Å². The second-order valence-corrected chi connectivity index (χ2v) is 4.14. The first-order chi connectivity index (χ1) is 7.63. The van der Waals surface area contributed by atoms with Crippen LogP contribution in [-0.2, 0) is 4.74 Å². The van der Waals surface area contributed by atoms with Gasteiger partial charge < -0.3 is 14.6 Å². The van der Waals surface area contributed by atoms with Crippen LogP contribution in [0.1, 0.15) is 51.1 Å². The Kier molecular flexibility index (Phi) is 4.89. The molecule has 1 N–H and O–H groups in total. The number of hydrogen-bond acceptors (Lipinski definition) is 5. The van der Waals surface area contributed by atoms with Crippen molar-refractivity contribution in [3.63, 3.8) is 0 Å². The van der Waals surface area contributed by atoms with Gasteiger partial charge in [0.15, 0.2) is 0 Å². The van der Waals surface area contributed by atoms with E-state index in [0.717, 1.165) is 6.42 Å². The molecule has 16 heavy (non-hydrogen) atoms. The van der Waals surface area contributed by atoms with Crippen LogP contribution in [0, 0.1) is 5.92 Å². The Bertz CT molecular complexity index is 308. The zero-order chi connectivity index (χ0) is 12.1. The van der Waals surface area contributed by atoms with Crippen molar-refractivity contribution >= 4 is 0 Å². The summed E-state index contributed by atoms with van der Waals surface area (Å²) in [7, 11) is 3.55. The molecule has 2 unspecified atom stereocenters. The Morgan fingerprint density at radius 3 is 2.56 bits per heavy atom. The van der Waals surface area contributed by atoms with Crippen LogP contribution in [0.25, 0.3) is 0 Å². The van der Waals surface area contributed by atoms with E-state index in [9.17, 15) is 0 Å². The molecule has 0 saturated carbocycles. The number of methoxy groups -OCH3 is 1. The minimum Gasteiger partial charge on any atom is -0.373 e. The molecular weight excluding hydrogens is 206 g/mol. The van der Waals surface area contributed by atoms with Crippen LogP contribution in [0.2, 0.25) is 0 Å². The van der Waals surface area contributed by atoms with E-state index in [-0.39, 0.29) is 12.1 Å². The van der Waals surface area contributed by atoms with Gasteiger partial charge in [0.1, 0.15) is 6.10 Å². The molecule has 0 aliphatic carbocycles. The molecule has 0 radical (unpaired) electrons. The maximum Gasteiger partial charge on any atom is 0.243 e. The van der Waals surface area contributed by atoms with E-state index in [2.05, 4.69) is 36.2 Å². The first-order valence-corrected chi connectivity index (χ1v) is 5.67. The predicted molar refractivity (Wildman–Crippen MR) is 61.0 cm³/mol. The highest BCUT2D eigenvalue weighted by atomic mass is 16.5. The van der Waals surface area contributed by atoms with E-state index < -0.39 is 0 Å². The SMILES string of the molecule is CCC(NC)c1nc(C(OC)C(C)C)no1. The van der Waals surface area contributed by atoms with Gasteiger partial charge >= 0.3 is 0 Å². The first-order valence-electron chi connectivity index (χ1n) is 5.67. The van der Waals surface area contributed by atoms with Gasteiger partial charge in [0, 0.05) is 7.11 Å². The number of ether oxygens (including phenoxy) is 1. The highest BCUT2D eigenvalue weighted by Crippen LogP contribution is 2.24. The zero-order valence-corrected chi connectivity index (χ0v) is 10.7. The summed E-state index contributed by atoms with van der Waals surface area (Å²) < 4.78 is 10.6. The molecule has 0 aromatic carbocycles. The summed E-state index contributed by atoms with van der Waals surface area (Å²) in [6.45, 7) is 6.21. The highest BCUT2D eigenvalue weighted by Gasteiger charge is 2.23. The average Bonchev–Trinajstić information content (AvgIpc) is 2.70. The van der Waals surface area contributed by atoms with Gasteiger partial charge in [-0.25, -0.2) is 0 Å². The van der Waals surface area contributed by atoms with Crippen LogP contribution in [0.4, 0.5) is 0 Å². The van der Waals surface area contributed by atoms with Crippen molar-refractivity contribution in [2.24, 2.45) is 5.92 Å². The van der Waals surface area contributed by atoms with E-state index in [1.807, 2.05) is 7.05 Å². The summed E-state index contributed by atoms with van der Waals surface area (Å²) in [5.41, 5.74) is 0. The summed E-state index contributed by atoms with van der Waals surface area (Å²) >= 11 is 0. The van der Waals surface area contributed by atoms with Crippen LogP contribution in [0.5, 0.6) is 0 Å². The Hall–Kier alpha value is -0.940. The fourth-order valence-electron chi connectivity index (χ4n) is 1.68. The minimum atomic E-state index is -0.105. The Labute approximate surface area is 96.6 Å². The van der Waals surface area contributed by atoms with Crippen molar-refractivity contribution in [1.82, 2.24) is 15.5 Å². The molecular formula is C11H21N3O2. The number of nitrogens with one attached hydrogen (secondary N) is 1. The predicted octanol–water partition coefficient (Wildman–Crippen LogP) is 2.08. The summed E-state index contributed by atoms with van der Waals surface area (Å²) in [5, 5.41) is 7.10. The van der Waals surface area contributed by atoms with Crippen LogP contribution >= 0.6 is 0 Å². The van der Waals surface area contributed by atoms with Gasteiger partial charge in [0.2, 0.25) is 11.7 Å². The van der Waals surface area contributed by atoms with E-state index in [1.54, 1.807) is 7.11 Å². The normalized spacial score (nSPS) is 15.4. The molecule has 0 fully saturated rings. The lowest BCUT2D eigenvalue weighted by atomic mass is 10.1. The average molecular weight is 227 g/mol. The van der Waals surface area contributed by atoms with Gasteiger partial charge in [-0.1, -0.05) is 25.9 Å². The summed E-state index contributed by atoms with van der Waals surface area (Å²) in [6, 6.07) is 0.117. The fourth-order valence-corrected chi connectivity index (χ4v) is 1.68. The third kappa shape index (κ3) is 2.80. The molecule has 5 nitrogen and oxygen atoms in total. The summed E-state index contributed by atoms with van der Waals surface area (Å²) in [5.74, 6) is 1.58. The third-order valence-corrected chi connectivity index (χ3v) is 2.63. The molecule has 2 atom stereocenters. The van der Waals surface area contributed by atoms with E-state index in [0.29, 0.717) is 17.6 Å². The smallest absolute Gasteiger partial charge is 0.243 e. The Balaban J connectivity index is 2.84. The Morgan fingerprint density at radius 1 is 1.44 bits per heavy atom. The maximum absolute atomic E-state index is 5.35. The van der Waals surface area contributed by atoms with Crippen molar-refractivity contribution in [2.75, 3.05) is 14.2 Å². The molecule has 1 heterocycles. The van der Waals surface area contributed by atoms with Crippen molar-refractivity contribution in [1.29, 1.82) is 0 Å². The van der Waals surface area contributed by atoms with Crippen molar-refractivity contribution < 1.29 is 9.26 Å². The molecule has 1 aromatic rings. The first kappa shape index (κ1) is 13.1. The third-order valence-electron chi connectivity index (χ3n) is 2.63. The van der Waals surface area contributed by atoms with E-state index in [1.165, 1.54) is 0 Å². The maximum atomic E-state index is 5.35. The molecule has 1 aromatic heterocycles. The molecule has 0 amide bonds. The molecule has 92 valence electrons. The van der Waals surface area contributed by atoms with Gasteiger partial charge in [-0.05, 0) is 19.4 Å². The second kappa shape index (κ2) is 5.96. The molecule has 0 aliphatic rings. The standard InChI is InChI=1S/C11H21N3O2/c1-6-8(12-4)11-13-10(14-16-11)9(15-5)7(2)3/h7-9,12H,6H2,1-5H3. The largest absolute Gasteiger partial charge is 0.373 e. The lowest BCUT2D eigenvalue weighted by Gasteiger charge is -2.14. The topological polar surface area (TPSA) is 60.2 Å². The van der Waals surface area contributed by atoms with Gasteiger partial charge in [0.05, 0.1) is 6.04 Å². The summed E-state index contributed by atoms with van der Waals surface area (Å²) in [4.78, 5) is 4.38. The molecule has 0 spiro atoms. The minimum absolute atomic E-state index is 0.105. The van der Waals surface area contributed by atoms with Crippen LogP contribution in [-0.4, -0.2) is 24.3 Å². The fraction of sp³-hybridized carbons (Fsp3) is 0.818. The van der Waals surface area contributed by atoms with E-state index >= 15 is 0 Å². The van der Waals surface area contributed by atoms with Crippen molar-refractivity contribution in [2.45, 2.75) is 39.3 Å². The van der Waals surface area contributed by atoms with Gasteiger partial charge in [-0.15, -0.1) is 0 Å². The van der Waals surface area contributed by atoms with Crippen molar-refractivity contribution in [3.05, 3.63) is 11.7 Å². The second-order valence-electron chi connectivity index (χ2n) is 4.14. The molecule has 0 saturated heterocycles. The molecule has 5 heteroatoms. The molecule has 0 aliphatic heterocycles. The number of aromatic nitrogens is 2. The van der Waals surface area contributed by atoms with Crippen LogP contribution in [0.15, 0.2) is 4.52 Å². The number of nitrogens with zero attached hydrogens (tertiary/aromatic N) is 2. The molecule has 1 rings (SSSR count). The summed E-state index contributed by atoms with van der Waals surface area (Å²) in [6.07, 6.45) is 0.809. The Morgan fingerprint density at radius 2 is 2.12 bits per heavy atom. The highest BCUT2D eigenvalue weighted by molar-refractivity contribution is 4.96. The molecule has 0 bridgehead atoms. The van der Waals surface area contributed by atoms with Gasteiger partial charge in [-0.2, -0.15) is 4.98 Å². The van der Waals surface area contributed by atoms with Gasteiger partial charge in [0.25, 0.3) is 0 Å². The zero-order valence-electron chi connectivity index (χ0n) is 10.7. The lowest BCUT2D eigenvalue weighted by molar-refractivity contribution is 0.0555. The van der Waals surface area contributed by atoms with E-state index in [4.69, 9.17) is 9.26 Å². The van der Waals surface area contributed by atoms with Crippen LogP contribution in [0.3, 0.4) is 0 Å². The monoisotopic (exact) mass is 227 g/mol. The number of rotatable bonds is 6. The van der Waals surface area contributed by atoms with Crippen LogP contribution < -0.4 is 5.32 Å². The lowest BCUT2D eigenvalue weighted by Crippen LogP contribution is -2.16. The quantitative estimate of drug-likeness (QED) is 0.806. The number of hydrogen-bond donors (Lipinski definition) is 1. The van der Waals surface area contributed by atoms with Gasteiger partial charge in [-0.3, -0.25) is 0 Å².